The van der Waals surface area contributed by atoms with Crippen LogP contribution in [-0.4, -0.2) is 48.1 Å². The fraction of sp³-hybridized carbons (Fsp3) is 0.909. The molecule has 0 bridgehead atoms. The van der Waals surface area contributed by atoms with Gasteiger partial charge in [0.1, 0.15) is 6.04 Å². The van der Waals surface area contributed by atoms with Crippen molar-refractivity contribution in [3.05, 3.63) is 0 Å². The van der Waals surface area contributed by atoms with E-state index in [1.54, 1.807) is 4.90 Å². The van der Waals surface area contributed by atoms with Gasteiger partial charge in [-0.2, -0.15) is 0 Å². The minimum Gasteiger partial charge on any atom is -0.480 e. The Morgan fingerprint density at radius 1 is 1.39 bits per heavy atom. The van der Waals surface area contributed by atoms with Gasteiger partial charge in [-0.05, 0) is 24.7 Å². The molecular weight excluding hydrogens is 251 g/mol. The van der Waals surface area contributed by atoms with Gasteiger partial charge < -0.3 is 5.11 Å². The topological polar surface area (TPSA) is 49.8 Å². The number of carboxylic acids is 1. The van der Waals surface area contributed by atoms with Crippen LogP contribution in [0.2, 0.25) is 0 Å². The Labute approximate surface area is 103 Å². The molecule has 1 aliphatic heterocycles. The maximum absolute atomic E-state index is 11.9. The van der Waals surface area contributed by atoms with Crippen molar-refractivity contribution in [3.63, 3.8) is 0 Å². The summed E-state index contributed by atoms with van der Waals surface area (Å²) in [6.07, 6.45) is -1.79. The Morgan fingerprint density at radius 2 is 2.11 bits per heavy atom. The fourth-order valence-electron chi connectivity index (χ4n) is 3.24. The van der Waals surface area contributed by atoms with Crippen molar-refractivity contribution < 1.29 is 27.8 Å². The van der Waals surface area contributed by atoms with Crippen molar-refractivity contribution in [2.75, 3.05) is 19.7 Å². The van der Waals surface area contributed by atoms with Gasteiger partial charge in [0, 0.05) is 13.1 Å². The first kappa shape index (κ1) is 13.6. The number of hydrogen-bond acceptors (Lipinski definition) is 3. The number of ether oxygens (including phenoxy) is 1. The molecule has 1 saturated heterocycles. The summed E-state index contributed by atoms with van der Waals surface area (Å²) in [5.41, 5.74) is 0. The first-order valence-electron chi connectivity index (χ1n) is 6.06. The third kappa shape index (κ3) is 2.95. The van der Waals surface area contributed by atoms with Crippen molar-refractivity contribution in [2.24, 2.45) is 11.8 Å². The highest BCUT2D eigenvalue weighted by molar-refractivity contribution is 5.74. The molecular formula is C11H16F3NO3. The summed E-state index contributed by atoms with van der Waals surface area (Å²) in [5, 5.41) is 9.19. The molecule has 1 N–H and O–H groups in total. The van der Waals surface area contributed by atoms with Crippen LogP contribution in [0.3, 0.4) is 0 Å². The van der Waals surface area contributed by atoms with E-state index in [9.17, 15) is 23.1 Å². The van der Waals surface area contributed by atoms with Crippen molar-refractivity contribution in [3.8, 4) is 0 Å². The van der Waals surface area contributed by atoms with Crippen molar-refractivity contribution in [2.45, 2.75) is 31.7 Å². The lowest BCUT2D eigenvalue weighted by Gasteiger charge is -2.24. The van der Waals surface area contributed by atoms with Crippen LogP contribution in [0.1, 0.15) is 19.3 Å². The summed E-state index contributed by atoms with van der Waals surface area (Å²) >= 11 is 0. The van der Waals surface area contributed by atoms with Crippen LogP contribution in [0.4, 0.5) is 13.2 Å². The lowest BCUT2D eigenvalue weighted by Crippen LogP contribution is -2.41. The Hall–Kier alpha value is -0.820. The predicted molar refractivity (Wildman–Crippen MR) is 55.8 cm³/mol. The maximum Gasteiger partial charge on any atom is 0.522 e. The molecule has 0 radical (unpaired) electrons. The average molecular weight is 267 g/mol. The smallest absolute Gasteiger partial charge is 0.480 e. The number of hydrogen-bond donors (Lipinski definition) is 1. The lowest BCUT2D eigenvalue weighted by molar-refractivity contribution is -0.325. The van der Waals surface area contributed by atoms with E-state index in [-0.39, 0.29) is 12.5 Å². The average Bonchev–Trinajstić information content (AvgIpc) is 2.73. The largest absolute Gasteiger partial charge is 0.522 e. The van der Waals surface area contributed by atoms with Crippen LogP contribution in [-0.2, 0) is 9.53 Å². The number of rotatable bonds is 4. The second-order valence-corrected chi connectivity index (χ2v) is 4.93. The standard InChI is InChI=1S/C11H16F3NO3/c12-11(13,14)18-5-4-15-6-7-2-1-3-8(7)9(15)10(16)17/h7-9H,1-6H2,(H,16,17). The first-order chi connectivity index (χ1) is 8.38. The minimum absolute atomic E-state index is 0.0173. The van der Waals surface area contributed by atoms with Crippen LogP contribution in [0.5, 0.6) is 0 Å². The van der Waals surface area contributed by atoms with Gasteiger partial charge in [-0.25, -0.2) is 0 Å². The highest BCUT2D eigenvalue weighted by Gasteiger charge is 2.47. The Kier molecular flexibility index (Phi) is 3.82. The minimum atomic E-state index is -4.64. The van der Waals surface area contributed by atoms with Gasteiger partial charge in [0.25, 0.3) is 0 Å². The van der Waals surface area contributed by atoms with Crippen LogP contribution >= 0.6 is 0 Å². The molecule has 2 fully saturated rings. The van der Waals surface area contributed by atoms with Gasteiger partial charge in [0.15, 0.2) is 0 Å². The van der Waals surface area contributed by atoms with Gasteiger partial charge in [0.2, 0.25) is 0 Å². The summed E-state index contributed by atoms with van der Waals surface area (Å²) in [6, 6.07) is -0.644. The molecule has 0 amide bonds. The number of halogens is 3. The van der Waals surface area contributed by atoms with Gasteiger partial charge >= 0.3 is 12.3 Å². The summed E-state index contributed by atoms with van der Waals surface area (Å²) in [6.45, 7) is 0.0824. The highest BCUT2D eigenvalue weighted by Crippen LogP contribution is 2.42. The van der Waals surface area contributed by atoms with E-state index >= 15 is 0 Å². The number of carboxylic acid groups (broad SMARTS) is 1. The van der Waals surface area contributed by atoms with E-state index in [4.69, 9.17) is 0 Å². The van der Waals surface area contributed by atoms with E-state index < -0.39 is 25.0 Å². The molecule has 7 heteroatoms. The number of aliphatic carboxylic acids is 1. The molecule has 4 nitrogen and oxygen atoms in total. The normalized spacial score (nSPS) is 32.7. The number of nitrogens with zero attached hydrogens (tertiary/aromatic N) is 1. The molecule has 2 rings (SSSR count). The quantitative estimate of drug-likeness (QED) is 0.842. The third-order valence-electron chi connectivity index (χ3n) is 3.88. The van der Waals surface area contributed by atoms with Crippen molar-refractivity contribution >= 4 is 5.97 Å². The van der Waals surface area contributed by atoms with Crippen LogP contribution in [0, 0.1) is 11.8 Å². The molecule has 104 valence electrons. The van der Waals surface area contributed by atoms with E-state index in [1.165, 1.54) is 0 Å². The summed E-state index contributed by atoms with van der Waals surface area (Å²) in [5.74, 6) is -0.526. The third-order valence-corrected chi connectivity index (χ3v) is 3.88. The molecule has 0 spiro atoms. The number of fused-ring (bicyclic) bond motifs is 1. The zero-order valence-corrected chi connectivity index (χ0v) is 9.82. The van der Waals surface area contributed by atoms with Crippen molar-refractivity contribution in [1.82, 2.24) is 4.90 Å². The zero-order valence-electron chi connectivity index (χ0n) is 9.82. The first-order valence-corrected chi connectivity index (χ1v) is 6.06. The SMILES string of the molecule is O=C(O)C1C2CCCC2CN1CCOC(F)(F)F. The van der Waals surface area contributed by atoms with E-state index in [0.29, 0.717) is 12.5 Å². The molecule has 0 aromatic heterocycles. The number of carbonyl (C=O) groups is 1. The molecule has 0 aromatic rings. The summed E-state index contributed by atoms with van der Waals surface area (Å²) in [4.78, 5) is 12.8. The molecule has 0 aromatic carbocycles. The van der Waals surface area contributed by atoms with Crippen LogP contribution < -0.4 is 0 Å². The Morgan fingerprint density at radius 3 is 2.72 bits per heavy atom. The van der Waals surface area contributed by atoms with Crippen LogP contribution in [0.25, 0.3) is 0 Å². The molecule has 1 heterocycles. The molecule has 18 heavy (non-hydrogen) atoms. The fourth-order valence-corrected chi connectivity index (χ4v) is 3.24. The highest BCUT2D eigenvalue weighted by atomic mass is 19.4. The van der Waals surface area contributed by atoms with E-state index in [1.807, 2.05) is 0 Å². The second-order valence-electron chi connectivity index (χ2n) is 4.93. The molecule has 1 aliphatic carbocycles. The predicted octanol–water partition coefficient (Wildman–Crippen LogP) is 1.71. The molecule has 3 unspecified atom stereocenters. The summed E-state index contributed by atoms with van der Waals surface area (Å²) in [7, 11) is 0. The van der Waals surface area contributed by atoms with Crippen molar-refractivity contribution in [1.29, 1.82) is 0 Å². The Balaban J connectivity index is 1.90. The monoisotopic (exact) mass is 267 g/mol. The van der Waals surface area contributed by atoms with Gasteiger partial charge in [-0.3, -0.25) is 14.4 Å². The summed E-state index contributed by atoms with van der Waals surface area (Å²) < 4.78 is 39.3. The Bertz CT molecular complexity index is 321. The van der Waals surface area contributed by atoms with Gasteiger partial charge in [-0.15, -0.1) is 13.2 Å². The van der Waals surface area contributed by atoms with E-state index in [2.05, 4.69) is 4.74 Å². The number of alkyl halides is 3. The molecule has 2 aliphatic rings. The maximum atomic E-state index is 11.9. The molecule has 3 atom stereocenters. The molecule has 1 saturated carbocycles. The van der Waals surface area contributed by atoms with Crippen LogP contribution in [0.15, 0.2) is 0 Å². The van der Waals surface area contributed by atoms with Gasteiger partial charge in [-0.1, -0.05) is 6.42 Å². The van der Waals surface area contributed by atoms with Gasteiger partial charge in [0.05, 0.1) is 6.61 Å². The second kappa shape index (κ2) is 5.05. The van der Waals surface area contributed by atoms with E-state index in [0.717, 1.165) is 19.3 Å². The number of likely N-dealkylation sites (tertiary alicyclic amines) is 1. The zero-order chi connectivity index (χ0) is 13.3. The lowest BCUT2D eigenvalue weighted by atomic mass is 9.94.